The first-order valence-electron chi connectivity index (χ1n) is 5.97. The van der Waals surface area contributed by atoms with E-state index in [4.69, 9.17) is 9.15 Å². The second-order valence-corrected chi connectivity index (χ2v) is 3.99. The third-order valence-corrected chi connectivity index (χ3v) is 2.61. The third-order valence-electron chi connectivity index (χ3n) is 2.61. The van der Waals surface area contributed by atoms with E-state index in [1.165, 1.54) is 0 Å². The van der Waals surface area contributed by atoms with Gasteiger partial charge in [0.25, 0.3) is 0 Å². The lowest BCUT2D eigenvalue weighted by molar-refractivity contribution is 0.292. The van der Waals surface area contributed by atoms with Gasteiger partial charge in [-0.05, 0) is 18.6 Å². The van der Waals surface area contributed by atoms with Gasteiger partial charge in [-0.25, -0.2) is 4.79 Å². The Morgan fingerprint density at radius 2 is 2.06 bits per heavy atom. The Morgan fingerprint density at radius 1 is 1.24 bits per heavy atom. The summed E-state index contributed by atoms with van der Waals surface area (Å²) in [6, 6.07) is 9.16. The molecule has 0 aliphatic rings. The van der Waals surface area contributed by atoms with Crippen LogP contribution in [0.2, 0.25) is 0 Å². The van der Waals surface area contributed by atoms with Crippen molar-refractivity contribution in [1.82, 2.24) is 0 Å². The fourth-order valence-corrected chi connectivity index (χ4v) is 1.68. The van der Waals surface area contributed by atoms with E-state index in [-0.39, 0.29) is 0 Å². The van der Waals surface area contributed by atoms with E-state index in [0.717, 1.165) is 24.6 Å². The Kier molecular flexibility index (Phi) is 3.81. The molecule has 0 N–H and O–H groups in total. The highest BCUT2D eigenvalue weighted by Crippen LogP contribution is 2.16. The molecule has 0 amide bonds. The predicted molar refractivity (Wildman–Crippen MR) is 67.5 cm³/mol. The van der Waals surface area contributed by atoms with Crippen molar-refractivity contribution in [3.8, 4) is 5.75 Å². The summed E-state index contributed by atoms with van der Waals surface area (Å²) in [4.78, 5) is 11.6. The highest BCUT2D eigenvalue weighted by Gasteiger charge is 2.05. The van der Waals surface area contributed by atoms with E-state index in [9.17, 15) is 4.79 Å². The maximum Gasteiger partial charge on any atom is 0.379 e. The molecule has 0 bridgehead atoms. The Labute approximate surface area is 100 Å². The molecule has 1 aromatic carbocycles. The molecule has 0 aliphatic heterocycles. The summed E-state index contributed by atoms with van der Waals surface area (Å²) in [5, 5.41) is 0.887. The topological polar surface area (TPSA) is 39.4 Å². The number of unbranched alkanes of at least 4 members (excludes halogenated alkanes) is 2. The van der Waals surface area contributed by atoms with Gasteiger partial charge < -0.3 is 9.15 Å². The maximum absolute atomic E-state index is 11.6. The normalized spacial score (nSPS) is 10.6. The predicted octanol–water partition coefficient (Wildman–Crippen LogP) is 3.36. The molecule has 0 aliphatic carbocycles. The highest BCUT2D eigenvalue weighted by atomic mass is 16.5. The standard InChI is InChI=1S/C14H16O3/c1-2-3-6-9-16-13-10-11-7-4-5-8-12(11)17-14(13)15/h4-5,7-8,10H,2-3,6,9H2,1H3. The van der Waals surface area contributed by atoms with Gasteiger partial charge >= 0.3 is 5.63 Å². The lowest BCUT2D eigenvalue weighted by Crippen LogP contribution is -2.07. The van der Waals surface area contributed by atoms with Crippen molar-refractivity contribution in [3.05, 3.63) is 40.8 Å². The molecule has 0 unspecified atom stereocenters. The first kappa shape index (κ1) is 11.7. The van der Waals surface area contributed by atoms with Gasteiger partial charge in [0.1, 0.15) is 5.58 Å². The van der Waals surface area contributed by atoms with Crippen LogP contribution in [0.3, 0.4) is 0 Å². The van der Waals surface area contributed by atoms with Crippen molar-refractivity contribution in [3.63, 3.8) is 0 Å². The summed E-state index contributed by atoms with van der Waals surface area (Å²) in [6.07, 6.45) is 3.21. The van der Waals surface area contributed by atoms with Crippen molar-refractivity contribution < 1.29 is 9.15 Å². The van der Waals surface area contributed by atoms with Crippen LogP contribution in [-0.2, 0) is 0 Å². The summed E-state index contributed by atoms with van der Waals surface area (Å²) in [6.45, 7) is 2.70. The summed E-state index contributed by atoms with van der Waals surface area (Å²) in [5.41, 5.74) is 0.193. The number of fused-ring (bicyclic) bond motifs is 1. The van der Waals surface area contributed by atoms with Gasteiger partial charge in [-0.3, -0.25) is 0 Å². The number of rotatable bonds is 5. The van der Waals surface area contributed by atoms with E-state index in [0.29, 0.717) is 17.9 Å². The van der Waals surface area contributed by atoms with Crippen LogP contribution in [0, 0.1) is 0 Å². The Balaban J connectivity index is 2.17. The summed E-state index contributed by atoms with van der Waals surface area (Å²) >= 11 is 0. The van der Waals surface area contributed by atoms with Crippen molar-refractivity contribution in [2.45, 2.75) is 26.2 Å². The van der Waals surface area contributed by atoms with E-state index < -0.39 is 5.63 Å². The zero-order valence-electron chi connectivity index (χ0n) is 9.94. The molecular formula is C14H16O3. The minimum Gasteiger partial charge on any atom is -0.487 e. The number of hydrogen-bond acceptors (Lipinski definition) is 3. The van der Waals surface area contributed by atoms with Crippen molar-refractivity contribution >= 4 is 11.0 Å². The number of hydrogen-bond donors (Lipinski definition) is 0. The van der Waals surface area contributed by atoms with Crippen LogP contribution in [0.4, 0.5) is 0 Å². The van der Waals surface area contributed by atoms with Crippen molar-refractivity contribution in [2.24, 2.45) is 0 Å². The fraction of sp³-hybridized carbons (Fsp3) is 0.357. The summed E-state index contributed by atoms with van der Waals surface area (Å²) < 4.78 is 10.6. The maximum atomic E-state index is 11.6. The molecule has 0 fully saturated rings. The van der Waals surface area contributed by atoms with Gasteiger partial charge in [-0.2, -0.15) is 0 Å². The lowest BCUT2D eigenvalue weighted by atomic mass is 10.2. The molecule has 17 heavy (non-hydrogen) atoms. The first-order valence-corrected chi connectivity index (χ1v) is 5.97. The van der Waals surface area contributed by atoms with Gasteiger partial charge in [0.15, 0.2) is 0 Å². The molecule has 1 aromatic heterocycles. The van der Waals surface area contributed by atoms with Gasteiger partial charge in [0.05, 0.1) is 6.61 Å². The van der Waals surface area contributed by atoms with Crippen LogP contribution in [0.5, 0.6) is 5.75 Å². The second kappa shape index (κ2) is 5.53. The molecule has 3 nitrogen and oxygen atoms in total. The summed E-state index contributed by atoms with van der Waals surface area (Å²) in [7, 11) is 0. The van der Waals surface area contributed by atoms with Gasteiger partial charge in [0.2, 0.25) is 5.75 Å². The fourth-order valence-electron chi connectivity index (χ4n) is 1.68. The van der Waals surface area contributed by atoms with Gasteiger partial charge in [0, 0.05) is 5.39 Å². The molecule has 2 rings (SSSR count). The van der Waals surface area contributed by atoms with Gasteiger partial charge in [-0.1, -0.05) is 38.0 Å². The molecule has 0 atom stereocenters. The van der Waals surface area contributed by atoms with Crippen molar-refractivity contribution in [2.75, 3.05) is 6.61 Å². The molecule has 2 aromatic rings. The summed E-state index contributed by atoms with van der Waals surface area (Å²) in [5.74, 6) is 0.305. The molecule has 0 saturated heterocycles. The molecule has 1 heterocycles. The van der Waals surface area contributed by atoms with Crippen LogP contribution in [0.15, 0.2) is 39.5 Å². The smallest absolute Gasteiger partial charge is 0.379 e. The molecule has 90 valence electrons. The van der Waals surface area contributed by atoms with Crippen LogP contribution >= 0.6 is 0 Å². The third kappa shape index (κ3) is 2.87. The quantitative estimate of drug-likeness (QED) is 0.586. The van der Waals surface area contributed by atoms with Crippen molar-refractivity contribution in [1.29, 1.82) is 0 Å². The second-order valence-electron chi connectivity index (χ2n) is 3.99. The average Bonchev–Trinajstić information content (AvgIpc) is 2.35. The highest BCUT2D eigenvalue weighted by molar-refractivity contribution is 5.77. The van der Waals surface area contributed by atoms with E-state index >= 15 is 0 Å². The van der Waals surface area contributed by atoms with Crippen LogP contribution in [-0.4, -0.2) is 6.61 Å². The molecular weight excluding hydrogens is 216 g/mol. The molecule has 0 spiro atoms. The van der Waals surface area contributed by atoms with Crippen LogP contribution < -0.4 is 10.4 Å². The number of para-hydroxylation sites is 1. The number of ether oxygens (including phenoxy) is 1. The Morgan fingerprint density at radius 3 is 2.88 bits per heavy atom. The van der Waals surface area contributed by atoms with E-state index in [1.54, 1.807) is 12.1 Å². The SMILES string of the molecule is CCCCCOc1cc2ccccc2oc1=O. The molecule has 0 saturated carbocycles. The monoisotopic (exact) mass is 232 g/mol. The van der Waals surface area contributed by atoms with Gasteiger partial charge in [-0.15, -0.1) is 0 Å². The number of benzene rings is 1. The molecule has 0 radical (unpaired) electrons. The first-order chi connectivity index (χ1) is 8.31. The zero-order chi connectivity index (χ0) is 12.1. The average molecular weight is 232 g/mol. The van der Waals surface area contributed by atoms with E-state index in [2.05, 4.69) is 6.92 Å². The zero-order valence-corrected chi connectivity index (χ0v) is 9.94. The Bertz CT molecular complexity index is 542. The lowest BCUT2D eigenvalue weighted by Gasteiger charge is -2.04. The van der Waals surface area contributed by atoms with Crippen LogP contribution in [0.1, 0.15) is 26.2 Å². The van der Waals surface area contributed by atoms with Crippen LogP contribution in [0.25, 0.3) is 11.0 Å². The largest absolute Gasteiger partial charge is 0.487 e. The minimum absolute atomic E-state index is 0.305. The molecule has 3 heteroatoms. The van der Waals surface area contributed by atoms with E-state index in [1.807, 2.05) is 18.2 Å². The Hall–Kier alpha value is -1.77. The minimum atomic E-state index is -0.403.